The van der Waals surface area contributed by atoms with E-state index in [1.54, 1.807) is 13.0 Å². The normalized spacial score (nSPS) is 19.1. The molecule has 3 aliphatic heterocycles. The smallest absolute Gasteiger partial charge is 0.325 e. The van der Waals surface area contributed by atoms with Crippen molar-refractivity contribution in [2.24, 2.45) is 4.99 Å². The molecule has 0 spiro atoms. The minimum atomic E-state index is -0.234. The zero-order chi connectivity index (χ0) is 14.8. The van der Waals surface area contributed by atoms with Crippen LogP contribution in [-0.4, -0.2) is 41.3 Å². The Hall–Kier alpha value is -2.56. The third-order valence-corrected chi connectivity index (χ3v) is 3.48. The standard InChI is InChI=1S/C16H17N3O2/c1-3-12-6-5-7-13-8-14-15(9-19(12)13)18(11-17-14)10-16(20)21-4-2/h3,5-9H,1,4,10-11H2,2H3. The molecule has 0 atom stereocenters. The predicted octanol–water partition coefficient (Wildman–Crippen LogP) is 1.94. The summed E-state index contributed by atoms with van der Waals surface area (Å²) in [5.41, 5.74) is 3.89. The molecular weight excluding hydrogens is 266 g/mol. The summed E-state index contributed by atoms with van der Waals surface area (Å²) in [6.45, 7) is 6.73. The molecule has 0 aromatic carbocycles. The average molecular weight is 283 g/mol. The molecule has 5 heteroatoms. The van der Waals surface area contributed by atoms with Gasteiger partial charge in [-0.05, 0) is 31.2 Å². The van der Waals surface area contributed by atoms with Gasteiger partial charge in [-0.25, -0.2) is 0 Å². The van der Waals surface area contributed by atoms with Crippen LogP contribution in [0, 0.1) is 0 Å². The Labute approximate surface area is 123 Å². The van der Waals surface area contributed by atoms with E-state index in [-0.39, 0.29) is 12.5 Å². The molecule has 0 aliphatic carbocycles. The van der Waals surface area contributed by atoms with Crippen molar-refractivity contribution >= 4 is 11.7 Å². The van der Waals surface area contributed by atoms with E-state index in [9.17, 15) is 4.79 Å². The van der Waals surface area contributed by atoms with E-state index in [2.05, 4.69) is 11.6 Å². The van der Waals surface area contributed by atoms with Gasteiger partial charge in [0.2, 0.25) is 0 Å². The van der Waals surface area contributed by atoms with Crippen molar-refractivity contribution in [3.63, 3.8) is 0 Å². The van der Waals surface area contributed by atoms with E-state index >= 15 is 0 Å². The number of esters is 1. The van der Waals surface area contributed by atoms with Crippen LogP contribution in [0.4, 0.5) is 0 Å². The number of hydrogen-bond donors (Lipinski definition) is 0. The fraction of sp³-hybridized carbons (Fsp3) is 0.250. The lowest BCUT2D eigenvalue weighted by Gasteiger charge is -2.31. The van der Waals surface area contributed by atoms with Crippen molar-refractivity contribution in [2.75, 3.05) is 19.8 Å². The zero-order valence-electron chi connectivity index (χ0n) is 12.0. The van der Waals surface area contributed by atoms with E-state index in [1.807, 2.05) is 40.3 Å². The van der Waals surface area contributed by atoms with Gasteiger partial charge in [0.15, 0.2) is 0 Å². The topological polar surface area (TPSA) is 45.1 Å². The van der Waals surface area contributed by atoms with Crippen molar-refractivity contribution in [1.29, 1.82) is 0 Å². The Morgan fingerprint density at radius 1 is 1.57 bits per heavy atom. The van der Waals surface area contributed by atoms with Crippen LogP contribution in [0.15, 0.2) is 65.2 Å². The Kier molecular flexibility index (Phi) is 3.48. The van der Waals surface area contributed by atoms with Gasteiger partial charge < -0.3 is 14.5 Å². The van der Waals surface area contributed by atoms with Crippen LogP contribution in [-0.2, 0) is 9.53 Å². The number of rotatable bonds is 4. The van der Waals surface area contributed by atoms with Gasteiger partial charge in [-0.3, -0.25) is 9.79 Å². The van der Waals surface area contributed by atoms with Gasteiger partial charge in [0, 0.05) is 17.6 Å². The maximum atomic E-state index is 11.7. The second-order valence-corrected chi connectivity index (χ2v) is 4.80. The largest absolute Gasteiger partial charge is 0.465 e. The van der Waals surface area contributed by atoms with Crippen LogP contribution >= 0.6 is 0 Å². The SMILES string of the molecule is C=CC1=CC=CC2=CC3=NCN(CC(=O)OCC)C3=CN12. The fourth-order valence-corrected chi connectivity index (χ4v) is 2.50. The summed E-state index contributed by atoms with van der Waals surface area (Å²) in [5.74, 6) is -0.234. The molecule has 3 aliphatic rings. The molecule has 21 heavy (non-hydrogen) atoms. The highest BCUT2D eigenvalue weighted by Gasteiger charge is 2.28. The molecule has 3 heterocycles. The summed E-state index contributed by atoms with van der Waals surface area (Å²) >= 11 is 0. The first-order valence-corrected chi connectivity index (χ1v) is 6.92. The van der Waals surface area contributed by atoms with E-state index in [0.717, 1.165) is 22.8 Å². The monoisotopic (exact) mass is 283 g/mol. The minimum absolute atomic E-state index is 0.215. The molecular formula is C16H17N3O2. The van der Waals surface area contributed by atoms with Crippen molar-refractivity contribution in [2.45, 2.75) is 6.92 Å². The van der Waals surface area contributed by atoms with Crippen molar-refractivity contribution in [3.05, 3.63) is 60.3 Å². The number of nitrogens with zero attached hydrogens (tertiary/aromatic N) is 3. The number of hydrogen-bond acceptors (Lipinski definition) is 5. The summed E-state index contributed by atoms with van der Waals surface area (Å²) in [7, 11) is 0. The highest BCUT2D eigenvalue weighted by Crippen LogP contribution is 2.29. The first kappa shape index (κ1) is 13.4. The van der Waals surface area contributed by atoms with E-state index in [4.69, 9.17) is 4.74 Å². The van der Waals surface area contributed by atoms with Gasteiger partial charge in [-0.1, -0.05) is 12.7 Å². The lowest BCUT2D eigenvalue weighted by atomic mass is 10.1. The summed E-state index contributed by atoms with van der Waals surface area (Å²) in [5, 5.41) is 0. The second kappa shape index (κ2) is 5.44. The quantitative estimate of drug-likeness (QED) is 0.740. The zero-order valence-corrected chi connectivity index (χ0v) is 12.0. The van der Waals surface area contributed by atoms with Crippen molar-refractivity contribution < 1.29 is 9.53 Å². The molecule has 108 valence electrons. The Bertz CT molecular complexity index is 638. The molecule has 5 nitrogen and oxygen atoms in total. The average Bonchev–Trinajstić information content (AvgIpc) is 2.87. The summed E-state index contributed by atoms with van der Waals surface area (Å²) < 4.78 is 5.01. The third-order valence-electron chi connectivity index (χ3n) is 3.48. The first-order chi connectivity index (χ1) is 10.2. The van der Waals surface area contributed by atoms with Crippen LogP contribution in [0.3, 0.4) is 0 Å². The lowest BCUT2D eigenvalue weighted by molar-refractivity contribution is -0.143. The lowest BCUT2D eigenvalue weighted by Crippen LogP contribution is -2.32. The van der Waals surface area contributed by atoms with Crippen molar-refractivity contribution in [3.8, 4) is 0 Å². The third kappa shape index (κ3) is 2.42. The molecule has 0 saturated carbocycles. The van der Waals surface area contributed by atoms with Gasteiger partial charge in [0.05, 0.1) is 18.0 Å². The summed E-state index contributed by atoms with van der Waals surface area (Å²) in [6, 6.07) is 0. The van der Waals surface area contributed by atoms with Gasteiger partial charge in [-0.15, -0.1) is 0 Å². The number of ether oxygens (including phenoxy) is 1. The maximum absolute atomic E-state index is 11.7. The summed E-state index contributed by atoms with van der Waals surface area (Å²) in [6.07, 6.45) is 11.8. The van der Waals surface area contributed by atoms with Crippen LogP contribution in [0.5, 0.6) is 0 Å². The molecule has 0 unspecified atom stereocenters. The molecule has 0 aromatic heterocycles. The fourth-order valence-electron chi connectivity index (χ4n) is 2.50. The maximum Gasteiger partial charge on any atom is 0.325 e. The van der Waals surface area contributed by atoms with Crippen LogP contribution in [0.2, 0.25) is 0 Å². The van der Waals surface area contributed by atoms with E-state index in [1.165, 1.54) is 0 Å². The Balaban J connectivity index is 1.84. The minimum Gasteiger partial charge on any atom is -0.465 e. The summed E-state index contributed by atoms with van der Waals surface area (Å²) in [4.78, 5) is 20.1. The first-order valence-electron chi connectivity index (χ1n) is 6.92. The number of allylic oxidation sites excluding steroid dienone is 5. The highest BCUT2D eigenvalue weighted by molar-refractivity contribution is 6.10. The molecule has 0 N–H and O–H groups in total. The second-order valence-electron chi connectivity index (χ2n) is 4.80. The number of fused-ring (bicyclic) bond motifs is 2. The van der Waals surface area contributed by atoms with E-state index < -0.39 is 0 Å². The number of carbonyl (C=O) groups excluding carboxylic acids is 1. The Morgan fingerprint density at radius 2 is 2.43 bits per heavy atom. The van der Waals surface area contributed by atoms with Gasteiger partial charge >= 0.3 is 5.97 Å². The highest BCUT2D eigenvalue weighted by atomic mass is 16.5. The van der Waals surface area contributed by atoms with Gasteiger partial charge in [-0.2, -0.15) is 0 Å². The van der Waals surface area contributed by atoms with Gasteiger partial charge in [0.25, 0.3) is 0 Å². The molecule has 0 saturated heterocycles. The molecule has 0 radical (unpaired) electrons. The van der Waals surface area contributed by atoms with E-state index in [0.29, 0.717) is 13.3 Å². The van der Waals surface area contributed by atoms with Crippen molar-refractivity contribution in [1.82, 2.24) is 9.80 Å². The number of carbonyl (C=O) groups is 1. The Morgan fingerprint density at radius 3 is 3.19 bits per heavy atom. The van der Waals surface area contributed by atoms with Crippen LogP contribution in [0.1, 0.15) is 6.92 Å². The number of aliphatic imine (C=N–C) groups is 1. The molecule has 0 fully saturated rings. The van der Waals surface area contributed by atoms with Crippen LogP contribution < -0.4 is 0 Å². The molecule has 0 aromatic rings. The molecule has 0 bridgehead atoms. The molecule has 0 amide bonds. The van der Waals surface area contributed by atoms with Crippen LogP contribution in [0.25, 0.3) is 0 Å². The van der Waals surface area contributed by atoms with Gasteiger partial charge in [0.1, 0.15) is 13.2 Å². The molecule has 3 rings (SSSR count). The predicted molar refractivity (Wildman–Crippen MR) is 81.1 cm³/mol.